The van der Waals surface area contributed by atoms with Crippen LogP contribution in [0.25, 0.3) is 0 Å². The van der Waals surface area contributed by atoms with Gasteiger partial charge in [0.1, 0.15) is 0 Å². The zero-order valence-corrected chi connectivity index (χ0v) is 15.9. The van der Waals surface area contributed by atoms with Crippen LogP contribution in [-0.2, 0) is 11.3 Å². The van der Waals surface area contributed by atoms with Crippen molar-refractivity contribution >= 4 is 17.5 Å². The molecule has 2 aromatic rings. The summed E-state index contributed by atoms with van der Waals surface area (Å²) in [4.78, 5) is 28.7. The number of hydrogen-bond acceptors (Lipinski definition) is 4. The first kappa shape index (κ1) is 18.6. The van der Waals surface area contributed by atoms with Crippen molar-refractivity contribution in [3.05, 3.63) is 59.9 Å². The summed E-state index contributed by atoms with van der Waals surface area (Å²) >= 11 is 0. The van der Waals surface area contributed by atoms with Gasteiger partial charge in [-0.05, 0) is 55.0 Å². The van der Waals surface area contributed by atoms with Crippen molar-refractivity contribution in [2.24, 2.45) is 5.92 Å². The third kappa shape index (κ3) is 4.39. The van der Waals surface area contributed by atoms with Crippen LogP contribution in [0, 0.1) is 5.92 Å². The fourth-order valence-electron chi connectivity index (χ4n) is 4.25. The number of nitrogens with zero attached hydrogens (tertiary/aromatic N) is 1. The number of carbonyl (C=O) groups is 2. The average molecular weight is 378 g/mol. The number of hydrogen-bond donors (Lipinski definition) is 3. The van der Waals surface area contributed by atoms with E-state index in [1.165, 1.54) is 25.7 Å². The third-order valence-electron chi connectivity index (χ3n) is 5.80. The maximum absolute atomic E-state index is 12.5. The summed E-state index contributed by atoms with van der Waals surface area (Å²) < 4.78 is 0. The quantitative estimate of drug-likeness (QED) is 0.747. The van der Waals surface area contributed by atoms with Crippen molar-refractivity contribution in [1.82, 2.24) is 15.6 Å². The van der Waals surface area contributed by atoms with Gasteiger partial charge in [0.25, 0.3) is 5.91 Å². The largest absolute Gasteiger partial charge is 0.351 e. The van der Waals surface area contributed by atoms with E-state index in [0.29, 0.717) is 29.8 Å². The Hall–Kier alpha value is -2.73. The second kappa shape index (κ2) is 8.52. The van der Waals surface area contributed by atoms with E-state index < -0.39 is 0 Å². The van der Waals surface area contributed by atoms with Gasteiger partial charge < -0.3 is 16.0 Å². The smallest absolute Gasteiger partial charge is 0.255 e. The van der Waals surface area contributed by atoms with E-state index in [1.807, 2.05) is 12.1 Å². The SMILES string of the molecule is O=C(Nc1ccncc1)c1ccc(CNC(=O)C2CC3CCCCC3N2)cc1. The number of benzene rings is 1. The van der Waals surface area contributed by atoms with Crippen LogP contribution < -0.4 is 16.0 Å². The zero-order valence-electron chi connectivity index (χ0n) is 15.9. The summed E-state index contributed by atoms with van der Waals surface area (Å²) in [5.74, 6) is 0.566. The van der Waals surface area contributed by atoms with E-state index in [4.69, 9.17) is 0 Å². The van der Waals surface area contributed by atoms with Crippen LogP contribution in [0.1, 0.15) is 48.0 Å². The molecule has 0 spiro atoms. The highest BCUT2D eigenvalue weighted by Crippen LogP contribution is 2.33. The van der Waals surface area contributed by atoms with Crippen LogP contribution in [0.4, 0.5) is 5.69 Å². The molecule has 2 amide bonds. The lowest BCUT2D eigenvalue weighted by molar-refractivity contribution is -0.123. The summed E-state index contributed by atoms with van der Waals surface area (Å²) in [6.45, 7) is 0.471. The Morgan fingerprint density at radius 2 is 1.79 bits per heavy atom. The molecular weight excluding hydrogens is 352 g/mol. The number of pyridine rings is 1. The number of amides is 2. The van der Waals surface area contributed by atoms with Crippen molar-refractivity contribution in [3.63, 3.8) is 0 Å². The molecule has 2 aliphatic rings. The molecule has 3 atom stereocenters. The molecule has 6 nitrogen and oxygen atoms in total. The monoisotopic (exact) mass is 378 g/mol. The minimum absolute atomic E-state index is 0.0708. The van der Waals surface area contributed by atoms with E-state index in [1.54, 1.807) is 36.7 Å². The van der Waals surface area contributed by atoms with Crippen molar-refractivity contribution in [3.8, 4) is 0 Å². The van der Waals surface area contributed by atoms with E-state index in [9.17, 15) is 9.59 Å². The number of nitrogens with one attached hydrogen (secondary N) is 3. The fourth-order valence-corrected chi connectivity index (χ4v) is 4.25. The molecule has 1 aliphatic heterocycles. The predicted octanol–water partition coefficient (Wildman–Crippen LogP) is 2.87. The van der Waals surface area contributed by atoms with Gasteiger partial charge in [0.05, 0.1) is 6.04 Å². The van der Waals surface area contributed by atoms with E-state index >= 15 is 0 Å². The summed E-state index contributed by atoms with van der Waals surface area (Å²) in [7, 11) is 0. The molecule has 3 N–H and O–H groups in total. The molecule has 0 radical (unpaired) electrons. The van der Waals surface area contributed by atoms with Gasteiger partial charge in [0.15, 0.2) is 0 Å². The number of anilines is 1. The molecule has 6 heteroatoms. The molecular formula is C22H26N4O2. The minimum atomic E-state index is -0.167. The molecule has 146 valence electrons. The van der Waals surface area contributed by atoms with Gasteiger partial charge in [-0.2, -0.15) is 0 Å². The molecule has 28 heavy (non-hydrogen) atoms. The summed E-state index contributed by atoms with van der Waals surface area (Å²) in [6.07, 6.45) is 9.21. The highest BCUT2D eigenvalue weighted by atomic mass is 16.2. The van der Waals surface area contributed by atoms with Crippen molar-refractivity contribution < 1.29 is 9.59 Å². The van der Waals surface area contributed by atoms with Crippen LogP contribution in [0.5, 0.6) is 0 Å². The number of aromatic nitrogens is 1. The molecule has 1 aliphatic carbocycles. The molecule has 1 aromatic heterocycles. The van der Waals surface area contributed by atoms with Crippen molar-refractivity contribution in [2.45, 2.75) is 50.7 Å². The Morgan fingerprint density at radius 1 is 1.04 bits per heavy atom. The van der Waals surface area contributed by atoms with E-state index in [2.05, 4.69) is 20.9 Å². The first-order valence-corrected chi connectivity index (χ1v) is 10.0. The maximum Gasteiger partial charge on any atom is 0.255 e. The number of rotatable bonds is 5. The maximum atomic E-state index is 12.5. The predicted molar refractivity (Wildman–Crippen MR) is 108 cm³/mol. The molecule has 2 heterocycles. The normalized spacial score (nSPS) is 23.6. The first-order chi connectivity index (χ1) is 13.7. The molecule has 3 unspecified atom stereocenters. The lowest BCUT2D eigenvalue weighted by Crippen LogP contribution is -2.42. The van der Waals surface area contributed by atoms with Crippen LogP contribution in [-0.4, -0.2) is 28.9 Å². The van der Waals surface area contributed by atoms with Gasteiger partial charge >= 0.3 is 0 Å². The first-order valence-electron chi connectivity index (χ1n) is 10.0. The van der Waals surface area contributed by atoms with E-state index in [0.717, 1.165) is 12.0 Å². The van der Waals surface area contributed by atoms with Crippen LogP contribution in [0.15, 0.2) is 48.8 Å². The van der Waals surface area contributed by atoms with Gasteiger partial charge in [0.2, 0.25) is 5.91 Å². The molecule has 1 aromatic carbocycles. The van der Waals surface area contributed by atoms with Crippen LogP contribution in [0.2, 0.25) is 0 Å². The fraction of sp³-hybridized carbons (Fsp3) is 0.409. The molecule has 1 saturated carbocycles. The van der Waals surface area contributed by atoms with Gasteiger partial charge in [-0.15, -0.1) is 0 Å². The minimum Gasteiger partial charge on any atom is -0.351 e. The Kier molecular flexibility index (Phi) is 5.67. The topological polar surface area (TPSA) is 83.1 Å². The Balaban J connectivity index is 1.27. The van der Waals surface area contributed by atoms with Gasteiger partial charge in [-0.1, -0.05) is 25.0 Å². The molecule has 0 bridgehead atoms. The van der Waals surface area contributed by atoms with Gasteiger partial charge in [0, 0.05) is 36.2 Å². The number of fused-ring (bicyclic) bond motifs is 1. The lowest BCUT2D eigenvalue weighted by Gasteiger charge is -2.24. The summed E-state index contributed by atoms with van der Waals surface area (Å²) in [6, 6.07) is 11.2. The Labute approximate surface area is 165 Å². The summed E-state index contributed by atoms with van der Waals surface area (Å²) in [5.41, 5.74) is 2.26. The highest BCUT2D eigenvalue weighted by Gasteiger charge is 2.37. The van der Waals surface area contributed by atoms with Gasteiger partial charge in [-0.3, -0.25) is 14.6 Å². The van der Waals surface area contributed by atoms with Crippen molar-refractivity contribution in [1.29, 1.82) is 0 Å². The van der Waals surface area contributed by atoms with Crippen LogP contribution in [0.3, 0.4) is 0 Å². The Bertz CT molecular complexity index is 808. The lowest BCUT2D eigenvalue weighted by atomic mass is 9.85. The second-order valence-corrected chi connectivity index (χ2v) is 7.71. The zero-order chi connectivity index (χ0) is 19.3. The molecule has 1 saturated heterocycles. The van der Waals surface area contributed by atoms with E-state index in [-0.39, 0.29) is 17.9 Å². The third-order valence-corrected chi connectivity index (χ3v) is 5.80. The van der Waals surface area contributed by atoms with Gasteiger partial charge in [-0.25, -0.2) is 0 Å². The Morgan fingerprint density at radius 3 is 2.54 bits per heavy atom. The standard InChI is InChI=1S/C22H26N4O2/c27-21(25-18-9-11-23-12-10-18)16-7-5-15(6-8-16)14-24-22(28)20-13-17-3-1-2-4-19(17)26-20/h5-12,17,19-20,26H,1-4,13-14H2,(H,24,28)(H,23,25,27). The van der Waals surface area contributed by atoms with Crippen molar-refractivity contribution in [2.75, 3.05) is 5.32 Å². The van der Waals surface area contributed by atoms with Crippen LogP contribution >= 0.6 is 0 Å². The molecule has 2 fully saturated rings. The summed E-state index contributed by atoms with van der Waals surface area (Å²) in [5, 5.41) is 9.37. The average Bonchev–Trinajstić information content (AvgIpc) is 3.17. The number of carbonyl (C=O) groups excluding carboxylic acids is 2. The molecule has 4 rings (SSSR count). The highest BCUT2D eigenvalue weighted by molar-refractivity contribution is 6.04. The second-order valence-electron chi connectivity index (χ2n) is 7.71.